The van der Waals surface area contributed by atoms with Crippen LogP contribution >= 0.6 is 23.2 Å². The van der Waals surface area contributed by atoms with Crippen LogP contribution in [0.15, 0.2) is 36.4 Å². The van der Waals surface area contributed by atoms with Gasteiger partial charge in [0.2, 0.25) is 0 Å². The van der Waals surface area contributed by atoms with Crippen LogP contribution in [0.1, 0.15) is 18.1 Å². The molecule has 2 N–H and O–H groups in total. The number of alkyl halides is 1. The molecule has 0 aromatic heterocycles. The summed E-state index contributed by atoms with van der Waals surface area (Å²) in [6.07, 6.45) is -1.53. The average molecular weight is 285 g/mol. The maximum absolute atomic E-state index is 10.2. The zero-order valence-corrected chi connectivity index (χ0v) is 11.2. The van der Waals surface area contributed by atoms with Crippen LogP contribution in [0.5, 0.6) is 0 Å². The van der Waals surface area contributed by atoms with Crippen LogP contribution in [0, 0.1) is 0 Å². The summed E-state index contributed by atoms with van der Waals surface area (Å²) >= 11 is 11.7. The van der Waals surface area contributed by atoms with Crippen LogP contribution in [0.3, 0.4) is 0 Å². The molecule has 0 heterocycles. The van der Waals surface area contributed by atoms with Crippen LogP contribution in [0.4, 0.5) is 0 Å². The lowest BCUT2D eigenvalue weighted by atomic mass is 9.96. The Morgan fingerprint density at radius 1 is 1.06 bits per heavy atom. The van der Waals surface area contributed by atoms with Crippen molar-refractivity contribution in [3.05, 3.63) is 47.0 Å². The molecule has 2 rings (SSSR count). The Bertz CT molecular complexity index is 537. The molecule has 96 valence electrons. The van der Waals surface area contributed by atoms with Gasteiger partial charge in [-0.2, -0.15) is 0 Å². The van der Waals surface area contributed by atoms with Crippen molar-refractivity contribution < 1.29 is 10.2 Å². The largest absolute Gasteiger partial charge is 0.390 e. The van der Waals surface area contributed by atoms with Gasteiger partial charge in [0.1, 0.15) is 6.10 Å². The number of rotatable bonds is 4. The summed E-state index contributed by atoms with van der Waals surface area (Å²) in [5.74, 6) is 0.302. The first-order chi connectivity index (χ1) is 8.65. The summed E-state index contributed by atoms with van der Waals surface area (Å²) < 4.78 is 0. The topological polar surface area (TPSA) is 40.5 Å². The second-order valence-electron chi connectivity index (χ2n) is 4.18. The Labute approximate surface area is 116 Å². The molecule has 0 saturated heterocycles. The van der Waals surface area contributed by atoms with Crippen molar-refractivity contribution in [2.75, 3.05) is 5.88 Å². The summed E-state index contributed by atoms with van der Waals surface area (Å²) in [6.45, 7) is 0. The third kappa shape index (κ3) is 2.62. The van der Waals surface area contributed by atoms with Crippen LogP contribution in [0.25, 0.3) is 10.8 Å². The highest BCUT2D eigenvalue weighted by molar-refractivity contribution is 6.35. The highest BCUT2D eigenvalue weighted by Gasteiger charge is 2.20. The minimum absolute atomic E-state index is 0.302. The fourth-order valence-corrected chi connectivity index (χ4v) is 2.56. The standard InChI is InChI=1S/C14H14Cl2O2/c15-8-7-12(17)14(18)10-5-1-3-9-4-2-6-11(16)13(9)10/h1-6,12,14,17-18H,7-8H2. The summed E-state index contributed by atoms with van der Waals surface area (Å²) in [4.78, 5) is 0. The van der Waals surface area contributed by atoms with Gasteiger partial charge >= 0.3 is 0 Å². The van der Waals surface area contributed by atoms with Gasteiger partial charge in [-0.25, -0.2) is 0 Å². The first-order valence-electron chi connectivity index (χ1n) is 5.74. The Kier molecular flexibility index (Phi) is 4.46. The number of benzene rings is 2. The lowest BCUT2D eigenvalue weighted by molar-refractivity contribution is 0.0179. The van der Waals surface area contributed by atoms with E-state index in [0.717, 1.165) is 10.8 Å². The number of aliphatic hydroxyl groups excluding tert-OH is 2. The second-order valence-corrected chi connectivity index (χ2v) is 4.96. The van der Waals surface area contributed by atoms with E-state index in [-0.39, 0.29) is 0 Å². The first-order valence-corrected chi connectivity index (χ1v) is 6.65. The number of hydrogen-bond donors (Lipinski definition) is 2. The molecule has 0 amide bonds. The molecule has 0 fully saturated rings. The Morgan fingerprint density at radius 3 is 2.39 bits per heavy atom. The van der Waals surface area contributed by atoms with Crippen molar-refractivity contribution in [1.29, 1.82) is 0 Å². The molecule has 2 unspecified atom stereocenters. The fraction of sp³-hybridized carbons (Fsp3) is 0.286. The van der Waals surface area contributed by atoms with Gasteiger partial charge in [0.15, 0.2) is 0 Å². The first kappa shape index (κ1) is 13.6. The van der Waals surface area contributed by atoms with E-state index >= 15 is 0 Å². The predicted molar refractivity (Wildman–Crippen MR) is 75.3 cm³/mol. The molecule has 0 aliphatic heterocycles. The summed E-state index contributed by atoms with van der Waals surface area (Å²) in [5.41, 5.74) is 0.635. The van der Waals surface area contributed by atoms with Gasteiger partial charge < -0.3 is 10.2 Å². The van der Waals surface area contributed by atoms with Crippen LogP contribution in [-0.2, 0) is 0 Å². The van der Waals surface area contributed by atoms with Gasteiger partial charge in [-0.15, -0.1) is 11.6 Å². The zero-order chi connectivity index (χ0) is 13.1. The number of hydrogen-bond acceptors (Lipinski definition) is 2. The Balaban J connectivity index is 2.50. The molecule has 0 aliphatic carbocycles. The molecular weight excluding hydrogens is 271 g/mol. The van der Waals surface area contributed by atoms with Gasteiger partial charge in [-0.3, -0.25) is 0 Å². The van der Waals surface area contributed by atoms with E-state index in [4.69, 9.17) is 23.2 Å². The molecule has 4 heteroatoms. The number of halogens is 2. The van der Waals surface area contributed by atoms with Gasteiger partial charge in [-0.05, 0) is 23.4 Å². The zero-order valence-electron chi connectivity index (χ0n) is 9.68. The van der Waals surface area contributed by atoms with Crippen molar-refractivity contribution in [3.8, 4) is 0 Å². The summed E-state index contributed by atoms with van der Waals surface area (Å²) in [5, 5.41) is 22.3. The number of aliphatic hydroxyl groups is 2. The molecule has 2 nitrogen and oxygen atoms in total. The van der Waals surface area contributed by atoms with Crippen LogP contribution in [-0.4, -0.2) is 22.2 Å². The summed E-state index contributed by atoms with van der Waals surface area (Å²) in [6, 6.07) is 11.1. The molecule has 2 aromatic rings. The van der Waals surface area contributed by atoms with E-state index in [9.17, 15) is 10.2 Å². The quantitative estimate of drug-likeness (QED) is 0.844. The molecule has 2 atom stereocenters. The van der Waals surface area contributed by atoms with Gasteiger partial charge in [-0.1, -0.05) is 41.9 Å². The molecule has 0 aliphatic rings. The van der Waals surface area contributed by atoms with E-state index in [1.807, 2.05) is 24.3 Å². The molecule has 0 radical (unpaired) electrons. The highest BCUT2D eigenvalue weighted by atomic mass is 35.5. The maximum Gasteiger partial charge on any atom is 0.106 e. The minimum atomic E-state index is -0.979. The van der Waals surface area contributed by atoms with Crippen LogP contribution in [0.2, 0.25) is 5.02 Å². The summed E-state index contributed by atoms with van der Waals surface area (Å²) in [7, 11) is 0. The van der Waals surface area contributed by atoms with E-state index in [1.54, 1.807) is 12.1 Å². The number of fused-ring (bicyclic) bond motifs is 1. The lowest BCUT2D eigenvalue weighted by Gasteiger charge is -2.19. The molecule has 0 bridgehead atoms. The monoisotopic (exact) mass is 284 g/mol. The average Bonchev–Trinajstić information content (AvgIpc) is 2.38. The van der Waals surface area contributed by atoms with Crippen molar-refractivity contribution in [2.24, 2.45) is 0 Å². The molecule has 2 aromatic carbocycles. The maximum atomic E-state index is 10.2. The van der Waals surface area contributed by atoms with Crippen molar-refractivity contribution in [2.45, 2.75) is 18.6 Å². The lowest BCUT2D eigenvalue weighted by Crippen LogP contribution is -2.19. The van der Waals surface area contributed by atoms with Crippen molar-refractivity contribution in [3.63, 3.8) is 0 Å². The third-order valence-electron chi connectivity index (χ3n) is 2.97. The SMILES string of the molecule is OC(CCCl)C(O)c1cccc2cccc(Cl)c12. The van der Waals surface area contributed by atoms with Crippen molar-refractivity contribution in [1.82, 2.24) is 0 Å². The van der Waals surface area contributed by atoms with E-state index in [0.29, 0.717) is 22.9 Å². The molecule has 0 saturated carbocycles. The third-order valence-corrected chi connectivity index (χ3v) is 3.51. The van der Waals surface area contributed by atoms with E-state index in [1.165, 1.54) is 0 Å². The van der Waals surface area contributed by atoms with Gasteiger partial charge in [0, 0.05) is 16.3 Å². The molecule has 0 spiro atoms. The van der Waals surface area contributed by atoms with Crippen LogP contribution < -0.4 is 0 Å². The molecular formula is C14H14Cl2O2. The normalized spacial score (nSPS) is 14.7. The molecule has 18 heavy (non-hydrogen) atoms. The Morgan fingerprint density at radius 2 is 1.72 bits per heavy atom. The predicted octanol–water partition coefficient (Wildman–Crippen LogP) is 3.52. The van der Waals surface area contributed by atoms with E-state index in [2.05, 4.69) is 0 Å². The van der Waals surface area contributed by atoms with Gasteiger partial charge in [0.25, 0.3) is 0 Å². The van der Waals surface area contributed by atoms with Crippen molar-refractivity contribution >= 4 is 34.0 Å². The van der Waals surface area contributed by atoms with E-state index < -0.39 is 12.2 Å². The highest BCUT2D eigenvalue weighted by Crippen LogP contribution is 2.32. The fourth-order valence-electron chi connectivity index (χ4n) is 2.05. The second kappa shape index (κ2) is 5.89. The minimum Gasteiger partial charge on any atom is -0.390 e. The smallest absolute Gasteiger partial charge is 0.106 e. The van der Waals surface area contributed by atoms with Gasteiger partial charge in [0.05, 0.1) is 6.10 Å². The Hall–Kier alpha value is -0.800.